The van der Waals surface area contributed by atoms with Crippen LogP contribution in [0.1, 0.15) is 69.8 Å². The highest BCUT2D eigenvalue weighted by Gasteiger charge is 2.26. The number of fused-ring (bicyclic) bond motifs is 1. The summed E-state index contributed by atoms with van der Waals surface area (Å²) in [6, 6.07) is 23.1. The zero-order chi connectivity index (χ0) is 38.3. The lowest BCUT2D eigenvalue weighted by molar-refractivity contribution is 0.0729. The van der Waals surface area contributed by atoms with Crippen LogP contribution in [0.2, 0.25) is 0 Å². The number of pyridine rings is 2. The molecule has 0 atom stereocenters. The summed E-state index contributed by atoms with van der Waals surface area (Å²) in [7, 11) is 0. The number of ether oxygens (including phenoxy) is 1. The zero-order valence-corrected chi connectivity index (χ0v) is 31.1. The molecule has 12 heteroatoms. The van der Waals surface area contributed by atoms with Crippen LogP contribution in [0.3, 0.4) is 0 Å². The smallest absolute Gasteiger partial charge is 0.254 e. The van der Waals surface area contributed by atoms with Crippen molar-refractivity contribution in [2.45, 2.75) is 65.3 Å². The number of primary amides is 1. The van der Waals surface area contributed by atoms with E-state index in [4.69, 9.17) is 15.5 Å². The fraction of sp³-hybridized carbons (Fsp3) is 0.279. The third kappa shape index (κ3) is 8.49. The standard InChI is InChI=1S/C43H45FN8O3/c1-3-39-37(40(49-34-15-19-55-20-16-34)36-25-48-52(4-2)42(36)50-39)27-51(43(54)32-10-6-9-31(23-32)41(45)53)26-29-11-12-38(44)35(22-29)30-8-5-7-28(21-30)24-47-33-13-17-46-18-14-33/h5-14,17-18,21-23,25,34H,3-4,15-16,19-20,24,26-27H2,1-2H3,(H2,45,53)(H,46,47)(H,49,50). The highest BCUT2D eigenvalue weighted by molar-refractivity contribution is 5.99. The normalized spacial score (nSPS) is 13.1. The zero-order valence-electron chi connectivity index (χ0n) is 31.1. The number of rotatable bonds is 14. The first kappa shape index (κ1) is 37.2. The molecule has 1 aliphatic heterocycles. The van der Waals surface area contributed by atoms with Crippen LogP contribution in [-0.2, 0) is 37.3 Å². The molecule has 282 valence electrons. The van der Waals surface area contributed by atoms with Gasteiger partial charge in [-0.1, -0.05) is 37.3 Å². The maximum Gasteiger partial charge on any atom is 0.254 e. The maximum absolute atomic E-state index is 15.6. The lowest BCUT2D eigenvalue weighted by Gasteiger charge is -2.29. The van der Waals surface area contributed by atoms with Gasteiger partial charge in [0.05, 0.1) is 23.8 Å². The van der Waals surface area contributed by atoms with E-state index >= 15 is 4.39 Å². The molecule has 4 N–H and O–H groups in total. The maximum atomic E-state index is 15.6. The molecule has 2 amide bonds. The number of aryl methyl sites for hydroxylation is 2. The van der Waals surface area contributed by atoms with Gasteiger partial charge >= 0.3 is 0 Å². The van der Waals surface area contributed by atoms with Crippen molar-refractivity contribution in [2.24, 2.45) is 5.73 Å². The van der Waals surface area contributed by atoms with E-state index in [0.717, 1.165) is 63.2 Å². The Hall–Kier alpha value is -6.14. The molecule has 0 radical (unpaired) electrons. The first-order valence-electron chi connectivity index (χ1n) is 18.7. The second kappa shape index (κ2) is 16.9. The summed E-state index contributed by atoms with van der Waals surface area (Å²) in [6.45, 7) is 6.96. The second-order valence-electron chi connectivity index (χ2n) is 13.7. The fourth-order valence-corrected chi connectivity index (χ4v) is 7.09. The molecular weight excluding hydrogens is 696 g/mol. The van der Waals surface area contributed by atoms with Gasteiger partial charge in [-0.3, -0.25) is 14.6 Å². The molecule has 1 fully saturated rings. The topological polar surface area (TPSA) is 140 Å². The minimum atomic E-state index is -0.624. The SMILES string of the molecule is CCc1nc2c(cnn2CC)c(NC2CCOCC2)c1CN(Cc1ccc(F)c(-c2cccc(CNc3ccncc3)c2)c1)C(=O)c1cccc(C(N)=O)c1. The predicted octanol–water partition coefficient (Wildman–Crippen LogP) is 7.36. The average molecular weight is 741 g/mol. The van der Waals surface area contributed by atoms with Gasteiger partial charge in [-0.25, -0.2) is 14.1 Å². The number of hydrogen-bond donors (Lipinski definition) is 3. The van der Waals surface area contributed by atoms with E-state index in [1.165, 1.54) is 12.1 Å². The molecule has 0 unspecified atom stereocenters. The van der Waals surface area contributed by atoms with Gasteiger partial charge in [0.1, 0.15) is 5.82 Å². The third-order valence-electron chi connectivity index (χ3n) is 10.0. The Labute approximate surface area is 319 Å². The molecule has 11 nitrogen and oxygen atoms in total. The van der Waals surface area contributed by atoms with E-state index in [1.54, 1.807) is 47.6 Å². The molecule has 6 aromatic rings. The van der Waals surface area contributed by atoms with Gasteiger partial charge in [0.15, 0.2) is 5.65 Å². The Bertz CT molecular complexity index is 2310. The van der Waals surface area contributed by atoms with Crippen molar-refractivity contribution in [3.8, 4) is 11.1 Å². The average Bonchev–Trinajstić information content (AvgIpc) is 3.64. The summed E-state index contributed by atoms with van der Waals surface area (Å²) in [4.78, 5) is 37.7. The number of nitrogens with two attached hydrogens (primary N) is 1. The number of hydrogen-bond acceptors (Lipinski definition) is 8. The van der Waals surface area contributed by atoms with Gasteiger partial charge in [-0.2, -0.15) is 5.10 Å². The number of amides is 2. The van der Waals surface area contributed by atoms with E-state index in [-0.39, 0.29) is 36.4 Å². The molecule has 0 spiro atoms. The molecule has 1 saturated heterocycles. The van der Waals surface area contributed by atoms with Gasteiger partial charge in [0, 0.05) is 84.9 Å². The van der Waals surface area contributed by atoms with Crippen molar-refractivity contribution in [1.29, 1.82) is 0 Å². The Morgan fingerprint density at radius 2 is 1.73 bits per heavy atom. The highest BCUT2D eigenvalue weighted by Crippen LogP contribution is 2.34. The van der Waals surface area contributed by atoms with Crippen LogP contribution in [-0.4, -0.2) is 55.7 Å². The molecular formula is C43H45FN8O3. The largest absolute Gasteiger partial charge is 0.381 e. The van der Waals surface area contributed by atoms with E-state index in [0.29, 0.717) is 43.9 Å². The molecule has 0 aliphatic carbocycles. The van der Waals surface area contributed by atoms with E-state index in [1.807, 2.05) is 54.2 Å². The van der Waals surface area contributed by atoms with Gasteiger partial charge in [-0.05, 0) is 91.4 Å². The minimum absolute atomic E-state index is 0.155. The van der Waals surface area contributed by atoms with Gasteiger partial charge in [-0.15, -0.1) is 0 Å². The molecule has 0 saturated carbocycles. The van der Waals surface area contributed by atoms with Gasteiger partial charge in [0.2, 0.25) is 5.91 Å². The Balaban J connectivity index is 1.27. The number of nitrogens with one attached hydrogen (secondary N) is 2. The minimum Gasteiger partial charge on any atom is -0.381 e. The summed E-state index contributed by atoms with van der Waals surface area (Å²) < 4.78 is 23.2. The van der Waals surface area contributed by atoms with Crippen LogP contribution in [0.5, 0.6) is 0 Å². The Kier molecular flexibility index (Phi) is 11.4. The second-order valence-corrected chi connectivity index (χ2v) is 13.7. The predicted molar refractivity (Wildman–Crippen MR) is 212 cm³/mol. The Morgan fingerprint density at radius 3 is 2.49 bits per heavy atom. The summed E-state index contributed by atoms with van der Waals surface area (Å²) in [5.74, 6) is -1.29. The van der Waals surface area contributed by atoms with Crippen LogP contribution < -0.4 is 16.4 Å². The molecule has 1 aliphatic rings. The highest BCUT2D eigenvalue weighted by atomic mass is 19.1. The van der Waals surface area contributed by atoms with Crippen LogP contribution in [0, 0.1) is 5.82 Å². The van der Waals surface area contributed by atoms with Crippen LogP contribution in [0.25, 0.3) is 22.2 Å². The third-order valence-corrected chi connectivity index (χ3v) is 10.0. The number of carbonyl (C=O) groups is 2. The van der Waals surface area contributed by atoms with Crippen molar-refractivity contribution in [2.75, 3.05) is 23.8 Å². The fourth-order valence-electron chi connectivity index (χ4n) is 7.09. The van der Waals surface area contributed by atoms with Crippen molar-refractivity contribution >= 4 is 34.2 Å². The van der Waals surface area contributed by atoms with E-state index < -0.39 is 5.91 Å². The molecule has 0 bridgehead atoms. The van der Waals surface area contributed by atoms with E-state index in [9.17, 15) is 9.59 Å². The van der Waals surface area contributed by atoms with E-state index in [2.05, 4.69) is 27.6 Å². The van der Waals surface area contributed by atoms with Crippen molar-refractivity contribution in [3.63, 3.8) is 0 Å². The number of carbonyl (C=O) groups excluding carboxylic acids is 2. The molecule has 55 heavy (non-hydrogen) atoms. The van der Waals surface area contributed by atoms with Crippen LogP contribution in [0.4, 0.5) is 15.8 Å². The summed E-state index contributed by atoms with van der Waals surface area (Å²) in [6.07, 6.45) is 7.59. The molecule has 4 heterocycles. The molecule has 3 aromatic carbocycles. The summed E-state index contributed by atoms with van der Waals surface area (Å²) >= 11 is 0. The lowest BCUT2D eigenvalue weighted by Crippen LogP contribution is -2.33. The summed E-state index contributed by atoms with van der Waals surface area (Å²) in [5, 5.41) is 12.7. The first-order valence-corrected chi connectivity index (χ1v) is 18.7. The number of halogens is 1. The molecule has 3 aromatic heterocycles. The van der Waals surface area contributed by atoms with Gasteiger partial charge < -0.3 is 26.0 Å². The van der Waals surface area contributed by atoms with Crippen LogP contribution in [0.15, 0.2) is 97.5 Å². The Morgan fingerprint density at radius 1 is 0.945 bits per heavy atom. The number of nitrogens with zero attached hydrogens (tertiary/aromatic N) is 5. The van der Waals surface area contributed by atoms with Crippen LogP contribution >= 0.6 is 0 Å². The summed E-state index contributed by atoms with van der Waals surface area (Å²) in [5.41, 5.74) is 13.4. The van der Waals surface area contributed by atoms with Crippen molar-refractivity contribution in [3.05, 3.63) is 137 Å². The monoisotopic (exact) mass is 740 g/mol. The van der Waals surface area contributed by atoms with Crippen molar-refractivity contribution < 1.29 is 18.7 Å². The number of benzene rings is 3. The lowest BCUT2D eigenvalue weighted by atomic mass is 9.99. The quantitative estimate of drug-likeness (QED) is 0.105. The number of aromatic nitrogens is 4. The van der Waals surface area contributed by atoms with Crippen molar-refractivity contribution in [1.82, 2.24) is 24.6 Å². The molecule has 7 rings (SSSR count). The first-order chi connectivity index (χ1) is 26.8. The number of anilines is 2. The van der Waals surface area contributed by atoms with Gasteiger partial charge in [0.25, 0.3) is 5.91 Å².